The molecule has 1 aliphatic rings. The first-order valence-corrected chi connectivity index (χ1v) is 7.32. The highest BCUT2D eigenvalue weighted by Gasteiger charge is 2.29. The summed E-state index contributed by atoms with van der Waals surface area (Å²) in [4.78, 5) is 0. The molecule has 0 fully saturated rings. The van der Waals surface area contributed by atoms with Gasteiger partial charge in [-0.3, -0.25) is 0 Å². The highest BCUT2D eigenvalue weighted by Crippen LogP contribution is 2.36. The molecule has 2 atom stereocenters. The molecule has 2 unspecified atom stereocenters. The third-order valence-electron chi connectivity index (χ3n) is 3.72. The fraction of sp³-hybridized carbons (Fsp3) is 0.250. The molecule has 0 amide bonds. The van der Waals surface area contributed by atoms with E-state index in [1.165, 1.54) is 5.56 Å². The lowest BCUT2D eigenvalue weighted by Crippen LogP contribution is -2.31. The van der Waals surface area contributed by atoms with Crippen LogP contribution >= 0.6 is 23.2 Å². The number of ether oxygens (including phenoxy) is 1. The predicted octanol–water partition coefficient (Wildman–Crippen LogP) is 4.04. The summed E-state index contributed by atoms with van der Waals surface area (Å²) < 4.78 is 5.68. The van der Waals surface area contributed by atoms with Gasteiger partial charge in [-0.25, -0.2) is 0 Å². The number of para-hydroxylation sites is 1. The first kappa shape index (κ1) is 13.7. The molecule has 2 nitrogen and oxygen atoms in total. The van der Waals surface area contributed by atoms with E-state index in [1.54, 1.807) is 6.07 Å². The van der Waals surface area contributed by atoms with E-state index in [1.807, 2.05) is 30.3 Å². The van der Waals surface area contributed by atoms with Crippen molar-refractivity contribution in [3.63, 3.8) is 0 Å². The predicted molar refractivity (Wildman–Crippen MR) is 82.8 cm³/mol. The Morgan fingerprint density at radius 1 is 1.20 bits per heavy atom. The van der Waals surface area contributed by atoms with Gasteiger partial charge < -0.3 is 10.5 Å². The van der Waals surface area contributed by atoms with E-state index in [4.69, 9.17) is 33.7 Å². The molecule has 0 aliphatic carbocycles. The quantitative estimate of drug-likeness (QED) is 0.929. The number of hydrogen-bond acceptors (Lipinski definition) is 2. The lowest BCUT2D eigenvalue weighted by molar-refractivity contribution is 0.313. The van der Waals surface area contributed by atoms with Crippen molar-refractivity contribution in [2.24, 2.45) is 5.73 Å². The molecule has 2 aromatic rings. The van der Waals surface area contributed by atoms with Crippen LogP contribution in [0.2, 0.25) is 10.0 Å². The van der Waals surface area contributed by atoms with Crippen molar-refractivity contribution < 1.29 is 4.74 Å². The maximum Gasteiger partial charge on any atom is 0.122 e. The molecule has 0 radical (unpaired) electrons. The minimum absolute atomic E-state index is 0.0467. The normalized spacial score (nSPS) is 18.4. The summed E-state index contributed by atoms with van der Waals surface area (Å²) in [5.41, 5.74) is 8.52. The molecule has 4 heteroatoms. The highest BCUT2D eigenvalue weighted by molar-refractivity contribution is 6.33. The van der Waals surface area contributed by atoms with Gasteiger partial charge in [-0.05, 0) is 36.2 Å². The summed E-state index contributed by atoms with van der Waals surface area (Å²) in [5.74, 6) is 1.13. The summed E-state index contributed by atoms with van der Waals surface area (Å²) in [6.07, 6.45) is 0.682. The molecule has 20 heavy (non-hydrogen) atoms. The van der Waals surface area contributed by atoms with Crippen LogP contribution in [0, 0.1) is 0 Å². The van der Waals surface area contributed by atoms with E-state index in [-0.39, 0.29) is 12.0 Å². The molecule has 1 aliphatic heterocycles. The van der Waals surface area contributed by atoms with E-state index < -0.39 is 0 Å². The van der Waals surface area contributed by atoms with E-state index in [0.717, 1.165) is 11.3 Å². The fourth-order valence-corrected chi connectivity index (χ4v) is 3.03. The maximum absolute atomic E-state index is 6.36. The Morgan fingerprint density at radius 3 is 2.85 bits per heavy atom. The second kappa shape index (κ2) is 5.65. The van der Waals surface area contributed by atoms with Gasteiger partial charge in [0.15, 0.2) is 0 Å². The monoisotopic (exact) mass is 307 g/mol. The summed E-state index contributed by atoms with van der Waals surface area (Å²) in [6, 6.07) is 13.5. The largest absolute Gasteiger partial charge is 0.493 e. The van der Waals surface area contributed by atoms with Crippen molar-refractivity contribution >= 4 is 23.2 Å². The van der Waals surface area contributed by atoms with Crippen LogP contribution in [0.15, 0.2) is 42.5 Å². The summed E-state index contributed by atoms with van der Waals surface area (Å²) in [5, 5.41) is 1.39. The Balaban J connectivity index is 1.81. The Morgan fingerprint density at radius 2 is 2.00 bits per heavy atom. The first-order valence-electron chi connectivity index (χ1n) is 6.56. The van der Waals surface area contributed by atoms with Crippen molar-refractivity contribution in [3.8, 4) is 5.75 Å². The van der Waals surface area contributed by atoms with Gasteiger partial charge in [-0.15, -0.1) is 0 Å². The van der Waals surface area contributed by atoms with Crippen LogP contribution in [-0.2, 0) is 6.42 Å². The van der Waals surface area contributed by atoms with Crippen molar-refractivity contribution in [1.82, 2.24) is 0 Å². The van der Waals surface area contributed by atoms with Gasteiger partial charge in [0.05, 0.1) is 6.61 Å². The van der Waals surface area contributed by atoms with E-state index in [9.17, 15) is 0 Å². The molecule has 3 rings (SSSR count). The van der Waals surface area contributed by atoms with Crippen LogP contribution in [0.25, 0.3) is 0 Å². The molecular weight excluding hydrogens is 293 g/mol. The van der Waals surface area contributed by atoms with Gasteiger partial charge in [0.1, 0.15) is 5.75 Å². The van der Waals surface area contributed by atoms with Crippen molar-refractivity contribution in [2.75, 3.05) is 6.61 Å². The smallest absolute Gasteiger partial charge is 0.122 e. The zero-order chi connectivity index (χ0) is 14.1. The van der Waals surface area contributed by atoms with Gasteiger partial charge in [-0.2, -0.15) is 0 Å². The van der Waals surface area contributed by atoms with Crippen molar-refractivity contribution in [2.45, 2.75) is 18.4 Å². The zero-order valence-electron chi connectivity index (χ0n) is 10.9. The SMILES string of the molecule is NC(Cc1cc(Cl)ccc1Cl)C1COc2ccccc21. The lowest BCUT2D eigenvalue weighted by atomic mass is 9.90. The van der Waals surface area contributed by atoms with E-state index in [2.05, 4.69) is 6.07 Å². The third-order valence-corrected chi connectivity index (χ3v) is 4.32. The van der Waals surface area contributed by atoms with Crippen LogP contribution in [0.3, 0.4) is 0 Å². The third kappa shape index (κ3) is 2.64. The molecule has 1 heterocycles. The molecule has 0 saturated carbocycles. The molecular formula is C16H15Cl2NO. The molecule has 2 N–H and O–H groups in total. The number of rotatable bonds is 3. The Bertz CT molecular complexity index is 630. The van der Waals surface area contributed by atoms with E-state index >= 15 is 0 Å². The average Bonchev–Trinajstić information content (AvgIpc) is 2.87. The second-order valence-corrected chi connectivity index (χ2v) is 5.90. The Labute approximate surface area is 128 Å². The van der Waals surface area contributed by atoms with Gasteiger partial charge in [0.25, 0.3) is 0 Å². The van der Waals surface area contributed by atoms with Crippen LogP contribution in [-0.4, -0.2) is 12.6 Å². The number of benzene rings is 2. The van der Waals surface area contributed by atoms with Crippen LogP contribution < -0.4 is 10.5 Å². The number of fused-ring (bicyclic) bond motifs is 1. The van der Waals surface area contributed by atoms with Crippen molar-refractivity contribution in [1.29, 1.82) is 0 Å². The van der Waals surface area contributed by atoms with E-state index in [0.29, 0.717) is 23.1 Å². The maximum atomic E-state index is 6.36. The topological polar surface area (TPSA) is 35.2 Å². The summed E-state index contributed by atoms with van der Waals surface area (Å²) >= 11 is 12.2. The zero-order valence-corrected chi connectivity index (χ0v) is 12.4. The lowest BCUT2D eigenvalue weighted by Gasteiger charge is -2.19. The number of nitrogens with two attached hydrogens (primary N) is 1. The minimum atomic E-state index is -0.0467. The molecule has 0 bridgehead atoms. The number of halogens is 2. The van der Waals surface area contributed by atoms with Gasteiger partial charge in [0, 0.05) is 27.6 Å². The Kier molecular flexibility index (Phi) is 3.88. The summed E-state index contributed by atoms with van der Waals surface area (Å²) in [6.45, 7) is 0.624. The molecule has 0 spiro atoms. The van der Waals surface area contributed by atoms with Gasteiger partial charge >= 0.3 is 0 Å². The molecule has 2 aromatic carbocycles. The van der Waals surface area contributed by atoms with Crippen LogP contribution in [0.5, 0.6) is 5.75 Å². The Hall–Kier alpha value is -1.22. The highest BCUT2D eigenvalue weighted by atomic mass is 35.5. The minimum Gasteiger partial charge on any atom is -0.493 e. The fourth-order valence-electron chi connectivity index (χ4n) is 2.64. The molecule has 104 valence electrons. The van der Waals surface area contributed by atoms with Gasteiger partial charge in [-0.1, -0.05) is 41.4 Å². The standard InChI is InChI=1S/C16H15Cl2NO/c17-11-5-6-14(18)10(7-11)8-15(19)13-9-20-16-4-2-1-3-12(13)16/h1-7,13,15H,8-9,19H2. The molecule has 0 saturated heterocycles. The first-order chi connectivity index (χ1) is 9.65. The summed E-state index contributed by atoms with van der Waals surface area (Å²) in [7, 11) is 0. The second-order valence-electron chi connectivity index (χ2n) is 5.06. The van der Waals surface area contributed by atoms with Gasteiger partial charge in [0.2, 0.25) is 0 Å². The number of hydrogen-bond donors (Lipinski definition) is 1. The average molecular weight is 308 g/mol. The molecule has 0 aromatic heterocycles. The van der Waals surface area contributed by atoms with Crippen LogP contribution in [0.1, 0.15) is 17.0 Å². The van der Waals surface area contributed by atoms with Crippen molar-refractivity contribution in [3.05, 3.63) is 63.6 Å². The van der Waals surface area contributed by atoms with Crippen LogP contribution in [0.4, 0.5) is 0 Å².